The van der Waals surface area contributed by atoms with Crippen LogP contribution in [-0.4, -0.2) is 36.4 Å². The van der Waals surface area contributed by atoms with Crippen LogP contribution in [0.5, 0.6) is 0 Å². The van der Waals surface area contributed by atoms with Crippen molar-refractivity contribution in [2.45, 2.75) is 24.9 Å². The molecule has 0 spiro atoms. The van der Waals surface area contributed by atoms with Crippen molar-refractivity contribution in [3.05, 3.63) is 40.8 Å². The van der Waals surface area contributed by atoms with E-state index in [0.29, 0.717) is 12.5 Å². The SMILES string of the molecule is Cc1c(F)c(F)cc(-c2cc(CCCO)nc(S(C)(=O)=O)n2)c1F. The molecule has 0 unspecified atom stereocenters. The van der Waals surface area contributed by atoms with Crippen molar-refractivity contribution < 1.29 is 26.7 Å². The van der Waals surface area contributed by atoms with Crippen molar-refractivity contribution in [1.82, 2.24) is 9.97 Å². The number of hydrogen-bond donors (Lipinski definition) is 1. The monoisotopic (exact) mass is 360 g/mol. The molecule has 1 heterocycles. The lowest BCUT2D eigenvalue weighted by atomic mass is 10.1. The molecule has 9 heteroatoms. The minimum atomic E-state index is -3.80. The van der Waals surface area contributed by atoms with Gasteiger partial charge in [-0.2, -0.15) is 0 Å². The smallest absolute Gasteiger partial charge is 0.247 e. The molecule has 1 N–H and O–H groups in total. The van der Waals surface area contributed by atoms with Gasteiger partial charge in [-0.25, -0.2) is 31.6 Å². The number of sulfone groups is 1. The second kappa shape index (κ2) is 6.86. The van der Waals surface area contributed by atoms with Gasteiger partial charge < -0.3 is 5.11 Å². The molecule has 0 radical (unpaired) electrons. The van der Waals surface area contributed by atoms with E-state index in [9.17, 15) is 21.6 Å². The summed E-state index contributed by atoms with van der Waals surface area (Å²) in [6.45, 7) is 0.925. The Labute approximate surface area is 137 Å². The van der Waals surface area contributed by atoms with Gasteiger partial charge in [-0.1, -0.05) is 0 Å². The van der Waals surface area contributed by atoms with Crippen LogP contribution in [0.1, 0.15) is 17.7 Å². The fourth-order valence-electron chi connectivity index (χ4n) is 2.08. The summed E-state index contributed by atoms with van der Waals surface area (Å²) in [6.07, 6.45) is 1.41. The highest BCUT2D eigenvalue weighted by Gasteiger charge is 2.21. The van der Waals surface area contributed by atoms with Crippen molar-refractivity contribution in [1.29, 1.82) is 0 Å². The minimum Gasteiger partial charge on any atom is -0.396 e. The Morgan fingerprint density at radius 1 is 1.12 bits per heavy atom. The Kier molecular flexibility index (Phi) is 5.24. The van der Waals surface area contributed by atoms with E-state index in [1.807, 2.05) is 0 Å². The van der Waals surface area contributed by atoms with Crippen LogP contribution in [-0.2, 0) is 16.3 Å². The first-order valence-electron chi connectivity index (χ1n) is 6.98. The molecular weight excluding hydrogens is 345 g/mol. The average molecular weight is 360 g/mol. The number of nitrogens with zero attached hydrogens (tertiary/aromatic N) is 2. The van der Waals surface area contributed by atoms with Crippen LogP contribution in [0.4, 0.5) is 13.2 Å². The van der Waals surface area contributed by atoms with Gasteiger partial charge in [0.25, 0.3) is 0 Å². The molecule has 0 aliphatic carbocycles. The Hall–Kier alpha value is -2.00. The van der Waals surface area contributed by atoms with Crippen LogP contribution in [0.25, 0.3) is 11.3 Å². The van der Waals surface area contributed by atoms with Crippen LogP contribution in [0.3, 0.4) is 0 Å². The van der Waals surface area contributed by atoms with Gasteiger partial charge in [0.1, 0.15) is 5.82 Å². The summed E-state index contributed by atoms with van der Waals surface area (Å²) in [5.41, 5.74) is -0.806. The molecule has 0 saturated carbocycles. The molecule has 0 amide bonds. The molecule has 0 aliphatic heterocycles. The summed E-state index contributed by atoms with van der Waals surface area (Å²) >= 11 is 0. The van der Waals surface area contributed by atoms with E-state index in [1.54, 1.807) is 0 Å². The minimum absolute atomic E-state index is 0.147. The lowest BCUT2D eigenvalue weighted by molar-refractivity contribution is 0.288. The molecule has 0 fully saturated rings. The molecule has 0 bridgehead atoms. The van der Waals surface area contributed by atoms with Crippen LogP contribution < -0.4 is 0 Å². The maximum absolute atomic E-state index is 14.3. The van der Waals surface area contributed by atoms with E-state index < -0.39 is 38.0 Å². The third-order valence-electron chi connectivity index (χ3n) is 3.33. The van der Waals surface area contributed by atoms with E-state index in [0.717, 1.165) is 13.2 Å². The van der Waals surface area contributed by atoms with E-state index in [4.69, 9.17) is 5.11 Å². The molecule has 0 saturated heterocycles. The standard InChI is InChI=1S/C15H15F3N2O3S/c1-8-13(17)10(7-11(16)14(8)18)12-6-9(4-3-5-21)19-15(20-12)24(2,22)23/h6-7,21H,3-5H2,1-2H3. The molecule has 1 aromatic carbocycles. The van der Waals surface area contributed by atoms with Gasteiger partial charge >= 0.3 is 0 Å². The Balaban J connectivity index is 2.70. The summed E-state index contributed by atoms with van der Waals surface area (Å²) in [5, 5.41) is 8.33. The number of aromatic nitrogens is 2. The summed E-state index contributed by atoms with van der Waals surface area (Å²) in [6, 6.07) is 1.92. The Morgan fingerprint density at radius 2 is 1.79 bits per heavy atom. The van der Waals surface area contributed by atoms with Gasteiger partial charge in [-0.05, 0) is 31.9 Å². The number of aliphatic hydroxyl groups excluding tert-OH is 1. The molecule has 1 aromatic heterocycles. The van der Waals surface area contributed by atoms with Gasteiger partial charge in [0.15, 0.2) is 11.6 Å². The fourth-order valence-corrected chi connectivity index (χ4v) is 2.63. The normalized spacial score (nSPS) is 11.8. The average Bonchev–Trinajstić information content (AvgIpc) is 2.53. The molecule has 2 aromatic rings. The van der Waals surface area contributed by atoms with Gasteiger partial charge in [0.2, 0.25) is 15.0 Å². The predicted octanol–water partition coefficient (Wildman–Crippen LogP) is 2.20. The third-order valence-corrected chi connectivity index (χ3v) is 4.18. The fraction of sp³-hybridized carbons (Fsp3) is 0.333. The van der Waals surface area contributed by atoms with Crippen molar-refractivity contribution in [2.24, 2.45) is 0 Å². The maximum Gasteiger partial charge on any atom is 0.247 e. The van der Waals surface area contributed by atoms with Crippen molar-refractivity contribution in [3.63, 3.8) is 0 Å². The maximum atomic E-state index is 14.3. The van der Waals surface area contributed by atoms with Gasteiger partial charge in [0.05, 0.1) is 5.69 Å². The highest BCUT2D eigenvalue weighted by atomic mass is 32.2. The zero-order valence-electron chi connectivity index (χ0n) is 13.0. The molecule has 2 rings (SSSR count). The van der Waals surface area contributed by atoms with Crippen molar-refractivity contribution >= 4 is 9.84 Å². The first kappa shape index (κ1) is 18.3. The lowest BCUT2D eigenvalue weighted by Crippen LogP contribution is -2.09. The van der Waals surface area contributed by atoms with E-state index in [1.165, 1.54) is 6.07 Å². The summed E-state index contributed by atoms with van der Waals surface area (Å²) in [4.78, 5) is 7.62. The van der Waals surface area contributed by atoms with Gasteiger partial charge in [-0.15, -0.1) is 0 Å². The highest BCUT2D eigenvalue weighted by molar-refractivity contribution is 7.90. The molecule has 0 atom stereocenters. The van der Waals surface area contributed by atoms with Gasteiger partial charge in [-0.3, -0.25) is 0 Å². The summed E-state index contributed by atoms with van der Waals surface area (Å²) < 4.78 is 64.7. The number of hydrogen-bond acceptors (Lipinski definition) is 5. The number of benzene rings is 1. The van der Waals surface area contributed by atoms with Crippen LogP contribution >= 0.6 is 0 Å². The Bertz CT molecular complexity index is 886. The van der Waals surface area contributed by atoms with Crippen LogP contribution in [0.15, 0.2) is 17.3 Å². The molecule has 5 nitrogen and oxygen atoms in total. The molecule has 130 valence electrons. The zero-order chi connectivity index (χ0) is 18.1. The van der Waals surface area contributed by atoms with Crippen molar-refractivity contribution in [3.8, 4) is 11.3 Å². The highest BCUT2D eigenvalue weighted by Crippen LogP contribution is 2.28. The number of halogens is 3. The number of aliphatic hydroxyl groups is 1. The summed E-state index contributed by atoms with van der Waals surface area (Å²) in [7, 11) is -3.80. The topological polar surface area (TPSA) is 80.2 Å². The number of aryl methyl sites for hydroxylation is 1. The second-order valence-electron chi connectivity index (χ2n) is 5.29. The second-order valence-corrected chi connectivity index (χ2v) is 7.19. The van der Waals surface area contributed by atoms with Crippen LogP contribution in [0, 0.1) is 24.4 Å². The largest absolute Gasteiger partial charge is 0.396 e. The third kappa shape index (κ3) is 3.73. The van der Waals surface area contributed by atoms with Crippen molar-refractivity contribution in [2.75, 3.05) is 12.9 Å². The Morgan fingerprint density at radius 3 is 2.38 bits per heavy atom. The van der Waals surface area contributed by atoms with E-state index in [2.05, 4.69) is 9.97 Å². The van der Waals surface area contributed by atoms with Gasteiger partial charge in [0, 0.05) is 29.7 Å². The molecule has 0 aliphatic rings. The zero-order valence-corrected chi connectivity index (χ0v) is 13.8. The first-order chi connectivity index (χ1) is 11.1. The number of rotatable bonds is 5. The lowest BCUT2D eigenvalue weighted by Gasteiger charge is -2.10. The summed E-state index contributed by atoms with van der Waals surface area (Å²) in [5.74, 6) is -3.60. The predicted molar refractivity (Wildman–Crippen MR) is 80.6 cm³/mol. The van der Waals surface area contributed by atoms with Crippen LogP contribution in [0.2, 0.25) is 0 Å². The molecule has 24 heavy (non-hydrogen) atoms. The van der Waals surface area contributed by atoms with E-state index >= 15 is 0 Å². The van der Waals surface area contributed by atoms with E-state index in [-0.39, 0.29) is 30.0 Å². The first-order valence-corrected chi connectivity index (χ1v) is 8.87. The quantitative estimate of drug-likeness (QED) is 0.653. The molecular formula is C15H15F3N2O3S.